The lowest BCUT2D eigenvalue weighted by Crippen LogP contribution is -2.24. The predicted molar refractivity (Wildman–Crippen MR) is 78.5 cm³/mol. The van der Waals surface area contributed by atoms with Crippen molar-refractivity contribution in [3.8, 4) is 0 Å². The molecular formula is C13H11ClN4OS. The van der Waals surface area contributed by atoms with Gasteiger partial charge in [-0.15, -0.1) is 11.3 Å². The first-order valence-corrected chi connectivity index (χ1v) is 7.65. The second-order valence-corrected chi connectivity index (χ2v) is 6.17. The summed E-state index contributed by atoms with van der Waals surface area (Å²) in [6.07, 6.45) is 5.81. The highest BCUT2D eigenvalue weighted by molar-refractivity contribution is 7.16. The number of hydrogen-bond donors (Lipinski definition) is 0. The van der Waals surface area contributed by atoms with Crippen LogP contribution in [0, 0.1) is 0 Å². The van der Waals surface area contributed by atoms with Gasteiger partial charge in [-0.3, -0.25) is 9.13 Å². The Bertz CT molecular complexity index is 846. The van der Waals surface area contributed by atoms with E-state index in [2.05, 4.69) is 9.97 Å². The molecule has 0 aliphatic heterocycles. The largest absolute Gasteiger partial charge is 0.328 e. The molecule has 5 nitrogen and oxygen atoms in total. The van der Waals surface area contributed by atoms with E-state index in [1.165, 1.54) is 11.3 Å². The molecule has 0 bridgehead atoms. The number of fused-ring (bicyclic) bond motifs is 1. The van der Waals surface area contributed by atoms with Crippen LogP contribution in [0.25, 0.3) is 10.2 Å². The first-order valence-electron chi connectivity index (χ1n) is 6.39. The number of hydrogen-bond acceptors (Lipinski definition) is 4. The van der Waals surface area contributed by atoms with E-state index in [0.29, 0.717) is 23.6 Å². The average molecular weight is 307 g/mol. The quantitative estimate of drug-likeness (QED) is 0.699. The highest BCUT2D eigenvalue weighted by Gasteiger charge is 2.25. The van der Waals surface area contributed by atoms with Crippen molar-refractivity contribution in [3.05, 3.63) is 45.3 Å². The molecule has 0 saturated heterocycles. The normalized spacial score (nSPS) is 15.1. The standard InChI is InChI=1S/C13H11ClN4OS/c14-11-9-3-6-20-12(9)16-10(15-11)7-17-4-5-18(13(17)19)8-1-2-8/h3-6,8H,1-2,7H2. The Morgan fingerprint density at radius 2 is 2.20 bits per heavy atom. The number of halogens is 1. The Morgan fingerprint density at radius 3 is 3.00 bits per heavy atom. The van der Waals surface area contributed by atoms with E-state index in [-0.39, 0.29) is 5.69 Å². The molecular weight excluding hydrogens is 296 g/mol. The summed E-state index contributed by atoms with van der Waals surface area (Å²) in [5.74, 6) is 0.570. The molecule has 3 aromatic heterocycles. The first-order chi connectivity index (χ1) is 9.72. The lowest BCUT2D eigenvalue weighted by atomic mass is 10.4. The number of nitrogens with zero attached hydrogens (tertiary/aromatic N) is 4. The number of aromatic nitrogens is 4. The second-order valence-electron chi connectivity index (χ2n) is 4.92. The summed E-state index contributed by atoms with van der Waals surface area (Å²) in [6.45, 7) is 0.353. The SMILES string of the molecule is O=c1n(Cc2nc(Cl)c3ccsc3n2)ccn1C1CC1. The molecule has 0 atom stereocenters. The Morgan fingerprint density at radius 1 is 1.35 bits per heavy atom. The molecule has 3 aromatic rings. The van der Waals surface area contributed by atoms with Crippen LogP contribution >= 0.6 is 22.9 Å². The number of imidazole rings is 1. The fraction of sp³-hybridized carbons (Fsp3) is 0.308. The molecule has 102 valence electrons. The van der Waals surface area contributed by atoms with Gasteiger partial charge in [0.05, 0.1) is 6.54 Å². The smallest absolute Gasteiger partial charge is 0.296 e. The van der Waals surface area contributed by atoms with Gasteiger partial charge in [0.1, 0.15) is 9.98 Å². The number of thiophene rings is 1. The van der Waals surface area contributed by atoms with Crippen molar-refractivity contribution in [1.29, 1.82) is 0 Å². The van der Waals surface area contributed by atoms with Crippen LogP contribution < -0.4 is 5.69 Å². The van der Waals surface area contributed by atoms with E-state index in [1.54, 1.807) is 15.3 Å². The summed E-state index contributed by atoms with van der Waals surface area (Å²) in [4.78, 5) is 21.8. The third-order valence-electron chi connectivity index (χ3n) is 3.45. The second kappa shape index (κ2) is 4.43. The molecule has 1 saturated carbocycles. The third kappa shape index (κ3) is 1.96. The van der Waals surface area contributed by atoms with E-state index in [9.17, 15) is 4.79 Å². The van der Waals surface area contributed by atoms with Crippen LogP contribution in [0.2, 0.25) is 5.15 Å². The Hall–Kier alpha value is -1.66. The topological polar surface area (TPSA) is 52.7 Å². The molecule has 3 heterocycles. The molecule has 0 radical (unpaired) electrons. The minimum absolute atomic E-state index is 0.00139. The zero-order valence-corrected chi connectivity index (χ0v) is 12.1. The summed E-state index contributed by atoms with van der Waals surface area (Å²) < 4.78 is 3.41. The zero-order chi connectivity index (χ0) is 13.7. The Balaban J connectivity index is 1.71. The van der Waals surface area contributed by atoms with Gasteiger partial charge in [0.25, 0.3) is 0 Å². The van der Waals surface area contributed by atoms with E-state index in [1.807, 2.05) is 17.6 Å². The maximum absolute atomic E-state index is 12.2. The van der Waals surface area contributed by atoms with E-state index in [0.717, 1.165) is 23.1 Å². The van der Waals surface area contributed by atoms with Gasteiger partial charge in [-0.2, -0.15) is 0 Å². The van der Waals surface area contributed by atoms with Crippen molar-refractivity contribution in [2.75, 3.05) is 0 Å². The van der Waals surface area contributed by atoms with Gasteiger partial charge in [-0.05, 0) is 24.3 Å². The highest BCUT2D eigenvalue weighted by Crippen LogP contribution is 2.33. The van der Waals surface area contributed by atoms with Crippen LogP contribution in [-0.2, 0) is 6.54 Å². The van der Waals surface area contributed by atoms with E-state index >= 15 is 0 Å². The fourth-order valence-electron chi connectivity index (χ4n) is 2.26. The summed E-state index contributed by atoms with van der Waals surface area (Å²) in [5, 5.41) is 3.24. The van der Waals surface area contributed by atoms with E-state index in [4.69, 9.17) is 11.6 Å². The molecule has 0 amide bonds. The lowest BCUT2D eigenvalue weighted by Gasteiger charge is -2.02. The molecule has 0 aromatic carbocycles. The summed E-state index contributed by atoms with van der Waals surface area (Å²) in [7, 11) is 0. The van der Waals surface area contributed by atoms with Crippen molar-refractivity contribution in [2.45, 2.75) is 25.4 Å². The molecule has 0 unspecified atom stereocenters. The van der Waals surface area contributed by atoms with Gasteiger partial charge >= 0.3 is 5.69 Å². The van der Waals surface area contributed by atoms with Crippen molar-refractivity contribution >= 4 is 33.2 Å². The van der Waals surface area contributed by atoms with Crippen LogP contribution in [0.4, 0.5) is 0 Å². The van der Waals surface area contributed by atoms with Crippen LogP contribution in [0.1, 0.15) is 24.7 Å². The number of rotatable bonds is 3. The van der Waals surface area contributed by atoms with Crippen LogP contribution in [0.15, 0.2) is 28.6 Å². The molecule has 0 N–H and O–H groups in total. The van der Waals surface area contributed by atoms with Crippen LogP contribution in [0.5, 0.6) is 0 Å². The highest BCUT2D eigenvalue weighted by atomic mass is 35.5. The maximum Gasteiger partial charge on any atom is 0.328 e. The van der Waals surface area contributed by atoms with Crippen molar-refractivity contribution in [1.82, 2.24) is 19.1 Å². The van der Waals surface area contributed by atoms with Crippen molar-refractivity contribution in [2.24, 2.45) is 0 Å². The summed E-state index contributed by atoms with van der Waals surface area (Å²) in [6, 6.07) is 2.29. The van der Waals surface area contributed by atoms with Gasteiger partial charge in [0.15, 0.2) is 5.82 Å². The van der Waals surface area contributed by atoms with Crippen LogP contribution in [0.3, 0.4) is 0 Å². The summed E-state index contributed by atoms with van der Waals surface area (Å²) in [5.41, 5.74) is -0.00139. The molecule has 1 fully saturated rings. The molecule has 0 spiro atoms. The molecule has 4 rings (SSSR count). The fourth-order valence-corrected chi connectivity index (χ4v) is 3.35. The first kappa shape index (κ1) is 12.1. The predicted octanol–water partition coefficient (Wildman–Crippen LogP) is 2.69. The summed E-state index contributed by atoms with van der Waals surface area (Å²) >= 11 is 7.66. The van der Waals surface area contributed by atoms with Gasteiger partial charge in [-0.1, -0.05) is 11.6 Å². The van der Waals surface area contributed by atoms with E-state index < -0.39 is 0 Å². The monoisotopic (exact) mass is 306 g/mol. The Labute approximate surface area is 123 Å². The van der Waals surface area contributed by atoms with Crippen molar-refractivity contribution < 1.29 is 0 Å². The maximum atomic E-state index is 12.2. The molecule has 20 heavy (non-hydrogen) atoms. The van der Waals surface area contributed by atoms with Gasteiger partial charge in [0, 0.05) is 23.8 Å². The minimum atomic E-state index is -0.00139. The molecule has 7 heteroatoms. The average Bonchev–Trinajstić information content (AvgIpc) is 3.04. The van der Waals surface area contributed by atoms with Gasteiger partial charge in [0.2, 0.25) is 0 Å². The minimum Gasteiger partial charge on any atom is -0.296 e. The molecule has 1 aliphatic carbocycles. The van der Waals surface area contributed by atoms with Crippen molar-refractivity contribution in [3.63, 3.8) is 0 Å². The lowest BCUT2D eigenvalue weighted by molar-refractivity contribution is 0.644. The molecule has 1 aliphatic rings. The van der Waals surface area contributed by atoms with Gasteiger partial charge in [-0.25, -0.2) is 14.8 Å². The Kier molecular flexibility index (Phi) is 2.68. The van der Waals surface area contributed by atoms with Gasteiger partial charge < -0.3 is 0 Å². The zero-order valence-electron chi connectivity index (χ0n) is 10.5. The van der Waals surface area contributed by atoms with Crippen LogP contribution in [-0.4, -0.2) is 19.1 Å². The third-order valence-corrected chi connectivity index (χ3v) is 4.55.